The first-order valence-electron chi connectivity index (χ1n) is 8.50. The zero-order valence-corrected chi connectivity index (χ0v) is 14.3. The summed E-state index contributed by atoms with van der Waals surface area (Å²) < 4.78 is 1.92. The molecular formula is C17H22N6O2. The van der Waals surface area contributed by atoms with Gasteiger partial charge < -0.3 is 10.2 Å². The summed E-state index contributed by atoms with van der Waals surface area (Å²) in [7, 11) is 0. The molecular weight excluding hydrogens is 320 g/mol. The monoisotopic (exact) mass is 342 g/mol. The molecule has 3 heterocycles. The number of nitrogens with zero attached hydrogens (tertiary/aromatic N) is 5. The van der Waals surface area contributed by atoms with Crippen LogP contribution in [-0.4, -0.2) is 43.0 Å². The van der Waals surface area contributed by atoms with Crippen LogP contribution in [-0.2, 0) is 35.6 Å². The number of nitrogens with one attached hydrogen (secondary N) is 1. The van der Waals surface area contributed by atoms with Gasteiger partial charge in [-0.05, 0) is 12.5 Å². The molecule has 0 saturated carbocycles. The van der Waals surface area contributed by atoms with E-state index in [9.17, 15) is 9.59 Å². The molecule has 2 aromatic rings. The zero-order chi connectivity index (χ0) is 17.6. The van der Waals surface area contributed by atoms with Crippen molar-refractivity contribution in [2.45, 2.75) is 45.8 Å². The summed E-state index contributed by atoms with van der Waals surface area (Å²) in [4.78, 5) is 33.8. The molecule has 25 heavy (non-hydrogen) atoms. The molecule has 1 aliphatic heterocycles. The maximum absolute atomic E-state index is 12.4. The second kappa shape index (κ2) is 7.87. The van der Waals surface area contributed by atoms with Gasteiger partial charge in [0.05, 0.1) is 36.7 Å². The van der Waals surface area contributed by atoms with Gasteiger partial charge in [-0.25, -0.2) is 0 Å². The Hall–Kier alpha value is -2.77. The number of hydrogen-bond donors (Lipinski definition) is 1. The van der Waals surface area contributed by atoms with Crippen LogP contribution >= 0.6 is 0 Å². The van der Waals surface area contributed by atoms with Crippen LogP contribution in [0.1, 0.15) is 36.8 Å². The fourth-order valence-corrected chi connectivity index (χ4v) is 2.79. The lowest BCUT2D eigenvalue weighted by molar-refractivity contribution is -0.132. The first kappa shape index (κ1) is 17.1. The number of fused-ring (bicyclic) bond motifs is 1. The molecule has 0 fully saturated rings. The second-order valence-electron chi connectivity index (χ2n) is 5.99. The molecule has 132 valence electrons. The number of aromatic nitrogens is 4. The Kier molecular flexibility index (Phi) is 5.37. The van der Waals surface area contributed by atoms with Crippen molar-refractivity contribution in [3.63, 3.8) is 0 Å². The molecule has 1 aliphatic rings. The lowest BCUT2D eigenvalue weighted by Crippen LogP contribution is -2.38. The number of carbonyl (C=O) groups is 2. The molecule has 1 N–H and O–H groups in total. The largest absolute Gasteiger partial charge is 0.350 e. The van der Waals surface area contributed by atoms with Crippen molar-refractivity contribution in [1.29, 1.82) is 0 Å². The van der Waals surface area contributed by atoms with E-state index in [0.717, 1.165) is 17.1 Å². The maximum atomic E-state index is 12.4. The third-order valence-corrected chi connectivity index (χ3v) is 4.20. The van der Waals surface area contributed by atoms with Crippen molar-refractivity contribution in [1.82, 2.24) is 30.0 Å². The van der Waals surface area contributed by atoms with E-state index in [2.05, 4.69) is 20.4 Å². The zero-order valence-electron chi connectivity index (χ0n) is 14.3. The van der Waals surface area contributed by atoms with Gasteiger partial charge in [0.2, 0.25) is 11.8 Å². The van der Waals surface area contributed by atoms with Crippen molar-refractivity contribution in [3.8, 4) is 0 Å². The summed E-state index contributed by atoms with van der Waals surface area (Å²) in [5, 5.41) is 7.31. The van der Waals surface area contributed by atoms with Gasteiger partial charge in [0, 0.05) is 38.0 Å². The fourth-order valence-electron chi connectivity index (χ4n) is 2.79. The second-order valence-corrected chi connectivity index (χ2v) is 5.99. The van der Waals surface area contributed by atoms with Crippen molar-refractivity contribution in [3.05, 3.63) is 41.7 Å². The van der Waals surface area contributed by atoms with Crippen molar-refractivity contribution >= 4 is 11.8 Å². The van der Waals surface area contributed by atoms with E-state index >= 15 is 0 Å². The number of rotatable bonds is 6. The number of carbonyl (C=O) groups excluding carboxylic acids is 2. The minimum Gasteiger partial charge on any atom is -0.350 e. The molecule has 0 unspecified atom stereocenters. The molecule has 2 aromatic heterocycles. The Balaban J connectivity index is 1.54. The van der Waals surface area contributed by atoms with Crippen molar-refractivity contribution in [2.75, 3.05) is 6.54 Å². The Morgan fingerprint density at radius 3 is 2.88 bits per heavy atom. The fraction of sp³-hybridized carbons (Fsp3) is 0.471. The highest BCUT2D eigenvalue weighted by Gasteiger charge is 2.22. The van der Waals surface area contributed by atoms with Crippen LogP contribution in [0.4, 0.5) is 0 Å². The number of amides is 2. The highest BCUT2D eigenvalue weighted by atomic mass is 16.2. The minimum atomic E-state index is 0.00628. The normalized spacial score (nSPS) is 13.4. The molecule has 0 atom stereocenters. The van der Waals surface area contributed by atoms with E-state index in [1.54, 1.807) is 18.6 Å². The molecule has 0 spiro atoms. The predicted molar refractivity (Wildman–Crippen MR) is 90.1 cm³/mol. The predicted octanol–water partition coefficient (Wildman–Crippen LogP) is 0.674. The van der Waals surface area contributed by atoms with E-state index in [1.807, 2.05) is 22.6 Å². The standard InChI is InChI=1S/C17H22N6O2/c1-2-16(24)20-11-14-9-15-12-22(7-8-23(15)21-14)17(25)4-3-13-10-18-5-6-19-13/h5-6,9-10H,2-4,7-8,11-12H2,1H3,(H,20,24). The molecule has 0 radical (unpaired) electrons. The van der Waals surface area contributed by atoms with Gasteiger partial charge in [-0.2, -0.15) is 5.10 Å². The third-order valence-electron chi connectivity index (χ3n) is 4.20. The van der Waals surface area contributed by atoms with Gasteiger partial charge in [-0.1, -0.05) is 6.92 Å². The summed E-state index contributed by atoms with van der Waals surface area (Å²) in [6, 6.07) is 1.96. The van der Waals surface area contributed by atoms with Gasteiger partial charge in [0.25, 0.3) is 0 Å². The highest BCUT2D eigenvalue weighted by Crippen LogP contribution is 2.15. The smallest absolute Gasteiger partial charge is 0.223 e. The molecule has 0 aliphatic carbocycles. The van der Waals surface area contributed by atoms with E-state index in [-0.39, 0.29) is 11.8 Å². The van der Waals surface area contributed by atoms with E-state index in [1.165, 1.54) is 0 Å². The quantitative estimate of drug-likeness (QED) is 0.833. The summed E-state index contributed by atoms with van der Waals surface area (Å²) in [5.74, 6) is 0.116. The maximum Gasteiger partial charge on any atom is 0.223 e. The van der Waals surface area contributed by atoms with Gasteiger partial charge in [0.1, 0.15) is 0 Å². The van der Waals surface area contributed by atoms with Crippen LogP contribution in [0.25, 0.3) is 0 Å². The molecule has 0 bridgehead atoms. The summed E-state index contributed by atoms with van der Waals surface area (Å²) in [5.41, 5.74) is 2.65. The van der Waals surface area contributed by atoms with Gasteiger partial charge in [-0.15, -0.1) is 0 Å². The molecule has 2 amide bonds. The summed E-state index contributed by atoms with van der Waals surface area (Å²) in [6.45, 7) is 4.11. The molecule has 0 aromatic carbocycles. The van der Waals surface area contributed by atoms with Crippen LogP contribution < -0.4 is 5.32 Å². The Morgan fingerprint density at radius 2 is 2.12 bits per heavy atom. The number of hydrogen-bond acceptors (Lipinski definition) is 5. The van der Waals surface area contributed by atoms with Crippen LogP contribution in [0.15, 0.2) is 24.7 Å². The van der Waals surface area contributed by atoms with E-state index in [0.29, 0.717) is 45.4 Å². The van der Waals surface area contributed by atoms with E-state index in [4.69, 9.17) is 0 Å². The molecule has 8 nitrogen and oxygen atoms in total. The Labute approximate surface area is 146 Å². The average molecular weight is 342 g/mol. The molecule has 8 heteroatoms. The Bertz CT molecular complexity index is 743. The first-order chi connectivity index (χ1) is 12.2. The molecule has 3 rings (SSSR count). The average Bonchev–Trinajstić information content (AvgIpc) is 3.07. The Morgan fingerprint density at radius 1 is 1.24 bits per heavy atom. The lowest BCUT2D eigenvalue weighted by Gasteiger charge is -2.27. The van der Waals surface area contributed by atoms with Crippen LogP contribution in [0.5, 0.6) is 0 Å². The summed E-state index contributed by atoms with van der Waals surface area (Å²) in [6.07, 6.45) is 6.43. The third kappa shape index (κ3) is 4.40. The van der Waals surface area contributed by atoms with Crippen molar-refractivity contribution < 1.29 is 9.59 Å². The summed E-state index contributed by atoms with van der Waals surface area (Å²) >= 11 is 0. The van der Waals surface area contributed by atoms with Crippen LogP contribution in [0, 0.1) is 0 Å². The highest BCUT2D eigenvalue weighted by molar-refractivity contribution is 5.76. The minimum absolute atomic E-state index is 0.00628. The molecule has 0 saturated heterocycles. The van der Waals surface area contributed by atoms with Gasteiger partial charge in [-0.3, -0.25) is 24.2 Å². The van der Waals surface area contributed by atoms with Crippen LogP contribution in [0.2, 0.25) is 0 Å². The SMILES string of the molecule is CCC(=O)NCc1cc2n(n1)CCN(C(=O)CCc1cnccn1)C2. The van der Waals surface area contributed by atoms with Gasteiger partial charge >= 0.3 is 0 Å². The lowest BCUT2D eigenvalue weighted by atomic mass is 10.2. The van der Waals surface area contributed by atoms with Crippen molar-refractivity contribution in [2.24, 2.45) is 0 Å². The first-order valence-corrected chi connectivity index (χ1v) is 8.50. The van der Waals surface area contributed by atoms with Gasteiger partial charge in [0.15, 0.2) is 0 Å². The number of aryl methyl sites for hydroxylation is 1. The van der Waals surface area contributed by atoms with E-state index < -0.39 is 0 Å². The topological polar surface area (TPSA) is 93.0 Å². The van der Waals surface area contributed by atoms with Crippen LogP contribution in [0.3, 0.4) is 0 Å².